The number of rotatable bonds is 2. The Kier molecular flexibility index (Phi) is 4.78. The van der Waals surface area contributed by atoms with Crippen molar-refractivity contribution in [3.05, 3.63) is 76.2 Å². The van der Waals surface area contributed by atoms with Crippen LogP contribution in [-0.4, -0.2) is 4.98 Å². The highest BCUT2D eigenvalue weighted by atomic mass is 32.1. The lowest BCUT2D eigenvalue weighted by Gasteiger charge is -2.19. The van der Waals surface area contributed by atoms with Gasteiger partial charge < -0.3 is 0 Å². The van der Waals surface area contributed by atoms with E-state index in [1.54, 1.807) is 10.4 Å². The maximum Gasteiger partial charge on any atom is 0.125 e. The van der Waals surface area contributed by atoms with Gasteiger partial charge >= 0.3 is 0 Å². The molecule has 2 heterocycles. The zero-order valence-corrected chi connectivity index (χ0v) is 19.2. The first kappa shape index (κ1) is 19.5. The summed E-state index contributed by atoms with van der Waals surface area (Å²) < 4.78 is 0. The van der Waals surface area contributed by atoms with E-state index in [1.165, 1.54) is 63.7 Å². The van der Waals surface area contributed by atoms with Gasteiger partial charge in [-0.1, -0.05) is 74.9 Å². The average Bonchev–Trinajstić information content (AvgIpc) is 3.11. The molecule has 2 aromatic heterocycles. The summed E-state index contributed by atoms with van der Waals surface area (Å²) in [6.07, 6.45) is 5.00. The lowest BCUT2D eigenvalue weighted by atomic mass is 9.86. The standard InChI is InChI=1S/C28H29NS/c1-18-8-7-9-20(16-18)23-17-24(19-12-14-21(15-13-19)28(2,3)4)29-27-26(23)22-10-5-6-11-25(22)30-27/h7-9,12-17H,5-6,10-11H2,1-4H3. The molecule has 0 aliphatic heterocycles. The Labute approximate surface area is 183 Å². The molecule has 0 fully saturated rings. The third-order valence-electron chi connectivity index (χ3n) is 6.30. The van der Waals surface area contributed by atoms with Crippen LogP contribution in [0, 0.1) is 6.92 Å². The summed E-state index contributed by atoms with van der Waals surface area (Å²) >= 11 is 1.92. The summed E-state index contributed by atoms with van der Waals surface area (Å²) in [5.41, 5.74) is 9.31. The first-order valence-corrected chi connectivity index (χ1v) is 11.8. The predicted octanol–water partition coefficient (Wildman–Crippen LogP) is 8.12. The minimum absolute atomic E-state index is 0.162. The largest absolute Gasteiger partial charge is 0.237 e. The molecule has 5 rings (SSSR count). The number of pyridine rings is 1. The van der Waals surface area contributed by atoms with Crippen LogP contribution < -0.4 is 0 Å². The Morgan fingerprint density at radius 1 is 0.867 bits per heavy atom. The molecule has 30 heavy (non-hydrogen) atoms. The van der Waals surface area contributed by atoms with Crippen LogP contribution in [0.4, 0.5) is 0 Å². The highest BCUT2D eigenvalue weighted by molar-refractivity contribution is 7.19. The van der Waals surface area contributed by atoms with E-state index in [0.717, 1.165) is 5.69 Å². The summed E-state index contributed by atoms with van der Waals surface area (Å²) in [6.45, 7) is 8.96. The van der Waals surface area contributed by atoms with Gasteiger partial charge in [-0.3, -0.25) is 0 Å². The molecule has 0 spiro atoms. The quantitative estimate of drug-likeness (QED) is 0.324. The van der Waals surface area contributed by atoms with Crippen LogP contribution in [0.2, 0.25) is 0 Å². The van der Waals surface area contributed by atoms with E-state index in [9.17, 15) is 0 Å². The van der Waals surface area contributed by atoms with Gasteiger partial charge in [0.05, 0.1) is 5.69 Å². The first-order chi connectivity index (χ1) is 14.4. The molecule has 4 aromatic rings. The summed E-state index contributed by atoms with van der Waals surface area (Å²) in [4.78, 5) is 7.93. The van der Waals surface area contributed by atoms with Crippen LogP contribution in [0.3, 0.4) is 0 Å². The Morgan fingerprint density at radius 2 is 1.63 bits per heavy atom. The van der Waals surface area contributed by atoms with Crippen molar-refractivity contribution in [1.29, 1.82) is 0 Å². The second kappa shape index (κ2) is 7.35. The molecule has 0 bridgehead atoms. The van der Waals surface area contributed by atoms with E-state index in [-0.39, 0.29) is 5.41 Å². The van der Waals surface area contributed by atoms with Crippen LogP contribution >= 0.6 is 11.3 Å². The van der Waals surface area contributed by atoms with Crippen molar-refractivity contribution in [1.82, 2.24) is 4.98 Å². The van der Waals surface area contributed by atoms with Gasteiger partial charge in [0.1, 0.15) is 4.83 Å². The van der Waals surface area contributed by atoms with Crippen LogP contribution in [0.5, 0.6) is 0 Å². The van der Waals surface area contributed by atoms with Crippen molar-refractivity contribution in [2.24, 2.45) is 0 Å². The maximum absolute atomic E-state index is 5.17. The topological polar surface area (TPSA) is 12.9 Å². The van der Waals surface area contributed by atoms with Gasteiger partial charge in [-0.05, 0) is 66.3 Å². The van der Waals surface area contributed by atoms with E-state index in [2.05, 4.69) is 82.3 Å². The van der Waals surface area contributed by atoms with Crippen molar-refractivity contribution < 1.29 is 0 Å². The smallest absolute Gasteiger partial charge is 0.125 e. The highest BCUT2D eigenvalue weighted by Crippen LogP contribution is 2.42. The number of benzene rings is 2. The molecule has 1 nitrogen and oxygen atoms in total. The number of fused-ring (bicyclic) bond motifs is 3. The second-order valence-corrected chi connectivity index (χ2v) is 10.7. The van der Waals surface area contributed by atoms with E-state index in [0.29, 0.717) is 0 Å². The minimum Gasteiger partial charge on any atom is -0.237 e. The van der Waals surface area contributed by atoms with Crippen molar-refractivity contribution in [3.63, 3.8) is 0 Å². The van der Waals surface area contributed by atoms with E-state index < -0.39 is 0 Å². The molecule has 0 N–H and O–H groups in total. The van der Waals surface area contributed by atoms with Crippen molar-refractivity contribution in [2.45, 2.75) is 58.8 Å². The number of hydrogen-bond donors (Lipinski definition) is 0. The molecule has 0 atom stereocenters. The highest BCUT2D eigenvalue weighted by Gasteiger charge is 2.21. The van der Waals surface area contributed by atoms with Gasteiger partial charge in [0, 0.05) is 15.8 Å². The van der Waals surface area contributed by atoms with E-state index in [4.69, 9.17) is 4.98 Å². The summed E-state index contributed by atoms with van der Waals surface area (Å²) in [7, 11) is 0. The molecule has 2 heteroatoms. The lowest BCUT2D eigenvalue weighted by Crippen LogP contribution is -2.10. The van der Waals surface area contributed by atoms with Gasteiger partial charge in [0.2, 0.25) is 0 Å². The monoisotopic (exact) mass is 411 g/mol. The number of aryl methyl sites for hydroxylation is 3. The lowest BCUT2D eigenvalue weighted by molar-refractivity contribution is 0.590. The fraction of sp³-hybridized carbons (Fsp3) is 0.321. The first-order valence-electron chi connectivity index (χ1n) is 11.0. The summed E-state index contributed by atoms with van der Waals surface area (Å²) in [6, 6.07) is 20.2. The fourth-order valence-electron chi connectivity index (χ4n) is 4.59. The molecular weight excluding hydrogens is 382 g/mol. The molecule has 152 valence electrons. The van der Waals surface area contributed by atoms with Crippen LogP contribution in [0.15, 0.2) is 54.6 Å². The molecule has 0 unspecified atom stereocenters. The van der Waals surface area contributed by atoms with E-state index >= 15 is 0 Å². The van der Waals surface area contributed by atoms with Crippen molar-refractivity contribution in [3.8, 4) is 22.4 Å². The molecule has 1 aliphatic carbocycles. The normalized spacial score (nSPS) is 14.1. The number of aromatic nitrogens is 1. The third kappa shape index (κ3) is 3.48. The van der Waals surface area contributed by atoms with Crippen LogP contribution in [0.1, 0.15) is 55.2 Å². The zero-order valence-electron chi connectivity index (χ0n) is 18.4. The van der Waals surface area contributed by atoms with Crippen LogP contribution in [-0.2, 0) is 18.3 Å². The Hall–Kier alpha value is -2.45. The summed E-state index contributed by atoms with van der Waals surface area (Å²) in [5, 5.41) is 1.40. The van der Waals surface area contributed by atoms with Gasteiger partial charge in [-0.25, -0.2) is 4.98 Å². The minimum atomic E-state index is 0.162. The van der Waals surface area contributed by atoms with Crippen LogP contribution in [0.25, 0.3) is 32.6 Å². The zero-order chi connectivity index (χ0) is 20.9. The van der Waals surface area contributed by atoms with Gasteiger partial charge in [0.15, 0.2) is 0 Å². The number of hydrogen-bond acceptors (Lipinski definition) is 2. The fourth-order valence-corrected chi connectivity index (χ4v) is 5.87. The van der Waals surface area contributed by atoms with Gasteiger partial charge in [0.25, 0.3) is 0 Å². The second-order valence-electron chi connectivity index (χ2n) is 9.64. The average molecular weight is 412 g/mol. The molecular formula is C28H29NS. The SMILES string of the molecule is Cc1cccc(-c2cc(-c3ccc(C(C)(C)C)cc3)nc3sc4c(c23)CCCC4)c1. The van der Waals surface area contributed by atoms with Crippen molar-refractivity contribution in [2.75, 3.05) is 0 Å². The summed E-state index contributed by atoms with van der Waals surface area (Å²) in [5.74, 6) is 0. The maximum atomic E-state index is 5.17. The van der Waals surface area contributed by atoms with E-state index in [1.807, 2.05) is 11.3 Å². The molecule has 0 saturated carbocycles. The molecule has 0 amide bonds. The Bertz CT molecular complexity index is 1220. The molecule has 0 saturated heterocycles. The molecule has 2 aromatic carbocycles. The molecule has 1 aliphatic rings. The molecule has 0 radical (unpaired) electrons. The Morgan fingerprint density at radius 3 is 2.37 bits per heavy atom. The van der Waals surface area contributed by atoms with Gasteiger partial charge in [-0.2, -0.15) is 0 Å². The number of nitrogens with zero attached hydrogens (tertiary/aromatic N) is 1. The van der Waals surface area contributed by atoms with Crippen molar-refractivity contribution >= 4 is 21.6 Å². The number of thiophene rings is 1. The van der Waals surface area contributed by atoms with Gasteiger partial charge in [-0.15, -0.1) is 11.3 Å². The Balaban J connectivity index is 1.73. The third-order valence-corrected chi connectivity index (χ3v) is 7.49. The predicted molar refractivity (Wildman–Crippen MR) is 131 cm³/mol.